The summed E-state index contributed by atoms with van der Waals surface area (Å²) in [5, 5.41) is 11.8. The first-order chi connectivity index (χ1) is 6.83. The van der Waals surface area contributed by atoms with E-state index in [0.29, 0.717) is 12.4 Å². The van der Waals surface area contributed by atoms with Crippen LogP contribution in [0, 0.1) is 0 Å². The maximum atomic E-state index is 11.2. The average molecular weight is 196 g/mol. The molecule has 0 unspecified atom stereocenters. The minimum atomic E-state index is -0.189. The molecule has 3 N–H and O–H groups in total. The fourth-order valence-corrected chi connectivity index (χ4v) is 1.07. The molecule has 5 heteroatoms. The molecule has 0 saturated heterocycles. The summed E-state index contributed by atoms with van der Waals surface area (Å²) >= 11 is 0. The molecule has 1 aromatic heterocycles. The van der Waals surface area contributed by atoms with Gasteiger partial charge in [0, 0.05) is 12.6 Å². The van der Waals surface area contributed by atoms with Gasteiger partial charge in [-0.15, -0.1) is 0 Å². The highest BCUT2D eigenvalue weighted by atomic mass is 16.2. The van der Waals surface area contributed by atoms with Crippen LogP contribution in [0.4, 0.5) is 10.6 Å². The van der Waals surface area contributed by atoms with Crippen LogP contribution in [0.3, 0.4) is 0 Å². The van der Waals surface area contributed by atoms with Crippen LogP contribution in [-0.4, -0.2) is 22.8 Å². The number of nitrogens with one attached hydrogen (secondary N) is 3. The summed E-state index contributed by atoms with van der Waals surface area (Å²) in [7, 11) is 0. The van der Waals surface area contributed by atoms with Crippen LogP contribution >= 0.6 is 0 Å². The Hall–Kier alpha value is -1.52. The molecule has 5 nitrogen and oxygen atoms in total. The van der Waals surface area contributed by atoms with E-state index >= 15 is 0 Å². The third-order valence-corrected chi connectivity index (χ3v) is 1.81. The van der Waals surface area contributed by atoms with Crippen LogP contribution < -0.4 is 10.6 Å². The summed E-state index contributed by atoms with van der Waals surface area (Å²) in [5.74, 6) is 0.609. The summed E-state index contributed by atoms with van der Waals surface area (Å²) in [6, 6.07) is 1.51. The lowest BCUT2D eigenvalue weighted by Gasteiger charge is -2.04. The molecule has 0 aliphatic carbocycles. The molecular weight excluding hydrogens is 180 g/mol. The minimum Gasteiger partial charge on any atom is -0.338 e. The van der Waals surface area contributed by atoms with E-state index < -0.39 is 0 Å². The number of carbonyl (C=O) groups is 1. The zero-order valence-corrected chi connectivity index (χ0v) is 8.34. The Bertz CT molecular complexity index is 258. The van der Waals surface area contributed by atoms with Gasteiger partial charge < -0.3 is 5.32 Å². The van der Waals surface area contributed by atoms with Gasteiger partial charge in [0.25, 0.3) is 0 Å². The fourth-order valence-electron chi connectivity index (χ4n) is 1.07. The summed E-state index contributed by atoms with van der Waals surface area (Å²) in [5.41, 5.74) is 0. The Balaban J connectivity index is 2.11. The van der Waals surface area contributed by atoms with Crippen molar-refractivity contribution in [1.29, 1.82) is 0 Å². The highest BCUT2D eigenvalue weighted by molar-refractivity contribution is 5.87. The number of amides is 2. The van der Waals surface area contributed by atoms with Crippen LogP contribution in [0.5, 0.6) is 0 Å². The zero-order chi connectivity index (χ0) is 10.2. The molecule has 0 aromatic carbocycles. The summed E-state index contributed by atoms with van der Waals surface area (Å²) in [6.07, 6.45) is 4.91. The molecule has 1 aromatic rings. The first-order valence-electron chi connectivity index (χ1n) is 4.87. The number of anilines is 1. The molecule has 0 bridgehead atoms. The minimum absolute atomic E-state index is 0.189. The molecule has 1 rings (SSSR count). The largest absolute Gasteiger partial charge is 0.338 e. The predicted octanol–water partition coefficient (Wildman–Crippen LogP) is 1.72. The van der Waals surface area contributed by atoms with E-state index in [1.54, 1.807) is 12.3 Å². The van der Waals surface area contributed by atoms with E-state index in [2.05, 4.69) is 27.8 Å². The van der Waals surface area contributed by atoms with Crippen LogP contribution in [0.15, 0.2) is 12.3 Å². The number of rotatable bonds is 5. The van der Waals surface area contributed by atoms with Gasteiger partial charge in [0.05, 0.1) is 6.20 Å². The zero-order valence-electron chi connectivity index (χ0n) is 8.34. The van der Waals surface area contributed by atoms with E-state index in [1.165, 1.54) is 0 Å². The van der Waals surface area contributed by atoms with Crippen LogP contribution in [0.2, 0.25) is 0 Å². The SMILES string of the molecule is CCCCCNC(=O)Nc1ccn[nH]1. The molecule has 0 spiro atoms. The highest BCUT2D eigenvalue weighted by Gasteiger charge is 2.00. The smallest absolute Gasteiger partial charge is 0.320 e. The van der Waals surface area contributed by atoms with Gasteiger partial charge in [0.1, 0.15) is 5.82 Å². The third kappa shape index (κ3) is 3.93. The van der Waals surface area contributed by atoms with Crippen molar-refractivity contribution in [3.05, 3.63) is 12.3 Å². The Morgan fingerprint density at radius 1 is 1.57 bits per heavy atom. The highest BCUT2D eigenvalue weighted by Crippen LogP contribution is 1.97. The molecule has 0 atom stereocenters. The lowest BCUT2D eigenvalue weighted by molar-refractivity contribution is 0.252. The number of aromatic nitrogens is 2. The van der Waals surface area contributed by atoms with Gasteiger partial charge in [0.15, 0.2) is 0 Å². The van der Waals surface area contributed by atoms with Gasteiger partial charge in [-0.1, -0.05) is 19.8 Å². The van der Waals surface area contributed by atoms with Crippen molar-refractivity contribution < 1.29 is 4.79 Å². The van der Waals surface area contributed by atoms with Gasteiger partial charge in [-0.3, -0.25) is 10.4 Å². The van der Waals surface area contributed by atoms with E-state index in [4.69, 9.17) is 0 Å². The molecule has 2 amide bonds. The lowest BCUT2D eigenvalue weighted by Crippen LogP contribution is -2.29. The standard InChI is InChI=1S/C9H16N4O/c1-2-3-4-6-10-9(14)12-8-5-7-11-13-8/h5,7H,2-4,6H2,1H3,(H3,10,11,12,13,14). The lowest BCUT2D eigenvalue weighted by atomic mass is 10.2. The number of H-pyrrole nitrogens is 1. The molecule has 78 valence electrons. The summed E-state index contributed by atoms with van der Waals surface area (Å²) in [6.45, 7) is 2.85. The maximum Gasteiger partial charge on any atom is 0.320 e. The molecule has 0 aliphatic heterocycles. The molecule has 1 heterocycles. The van der Waals surface area contributed by atoms with Gasteiger partial charge in [-0.25, -0.2) is 4.79 Å². The number of urea groups is 1. The van der Waals surface area contributed by atoms with Crippen molar-refractivity contribution in [2.45, 2.75) is 26.2 Å². The topological polar surface area (TPSA) is 69.8 Å². The number of aromatic amines is 1. The van der Waals surface area contributed by atoms with E-state index in [0.717, 1.165) is 19.3 Å². The summed E-state index contributed by atoms with van der Waals surface area (Å²) in [4.78, 5) is 11.2. The van der Waals surface area contributed by atoms with Crippen molar-refractivity contribution in [2.75, 3.05) is 11.9 Å². The van der Waals surface area contributed by atoms with Crippen LogP contribution in [0.25, 0.3) is 0 Å². The second-order valence-electron chi connectivity index (χ2n) is 3.06. The second kappa shape index (κ2) is 6.01. The molecule has 0 radical (unpaired) electrons. The first-order valence-corrected chi connectivity index (χ1v) is 4.87. The molecular formula is C9H16N4O. The summed E-state index contributed by atoms with van der Waals surface area (Å²) < 4.78 is 0. The average Bonchev–Trinajstić information content (AvgIpc) is 2.65. The van der Waals surface area contributed by atoms with Gasteiger partial charge in [-0.2, -0.15) is 5.10 Å². The Morgan fingerprint density at radius 3 is 3.07 bits per heavy atom. The molecule has 0 aliphatic rings. The Kier molecular flexibility index (Phi) is 4.54. The molecule has 14 heavy (non-hydrogen) atoms. The first kappa shape index (κ1) is 10.6. The number of unbranched alkanes of at least 4 members (excludes halogenated alkanes) is 2. The molecule has 0 fully saturated rings. The normalized spacial score (nSPS) is 9.79. The third-order valence-electron chi connectivity index (χ3n) is 1.81. The van der Waals surface area contributed by atoms with E-state index in [-0.39, 0.29) is 6.03 Å². The Morgan fingerprint density at radius 2 is 2.43 bits per heavy atom. The number of nitrogens with zero attached hydrogens (tertiary/aromatic N) is 1. The van der Waals surface area contributed by atoms with Gasteiger partial charge in [-0.05, 0) is 6.42 Å². The van der Waals surface area contributed by atoms with Crippen molar-refractivity contribution in [1.82, 2.24) is 15.5 Å². The van der Waals surface area contributed by atoms with Crippen LogP contribution in [-0.2, 0) is 0 Å². The second-order valence-corrected chi connectivity index (χ2v) is 3.06. The predicted molar refractivity (Wildman–Crippen MR) is 55.1 cm³/mol. The monoisotopic (exact) mass is 196 g/mol. The molecule has 0 saturated carbocycles. The van der Waals surface area contributed by atoms with Crippen molar-refractivity contribution >= 4 is 11.8 Å². The van der Waals surface area contributed by atoms with Gasteiger partial charge in [0.2, 0.25) is 0 Å². The Labute approximate surface area is 83.3 Å². The van der Waals surface area contributed by atoms with E-state index in [9.17, 15) is 4.79 Å². The fraction of sp³-hybridized carbons (Fsp3) is 0.556. The van der Waals surface area contributed by atoms with E-state index in [1.807, 2.05) is 0 Å². The van der Waals surface area contributed by atoms with Crippen molar-refractivity contribution in [3.63, 3.8) is 0 Å². The number of carbonyl (C=O) groups excluding carboxylic acids is 1. The number of hydrogen-bond acceptors (Lipinski definition) is 2. The quantitative estimate of drug-likeness (QED) is 0.627. The maximum absolute atomic E-state index is 11.2. The van der Waals surface area contributed by atoms with Crippen LogP contribution in [0.1, 0.15) is 26.2 Å². The number of hydrogen-bond donors (Lipinski definition) is 3. The van der Waals surface area contributed by atoms with Crippen molar-refractivity contribution in [2.24, 2.45) is 0 Å². The van der Waals surface area contributed by atoms with Gasteiger partial charge >= 0.3 is 6.03 Å². The van der Waals surface area contributed by atoms with Crippen molar-refractivity contribution in [3.8, 4) is 0 Å².